The molecule has 5 rings (SSSR count). The van der Waals surface area contributed by atoms with Gasteiger partial charge in [0.2, 0.25) is 0 Å². The van der Waals surface area contributed by atoms with Crippen molar-refractivity contribution in [1.29, 1.82) is 0 Å². The Hall–Kier alpha value is -3.48. The van der Waals surface area contributed by atoms with Gasteiger partial charge < -0.3 is 4.90 Å². The molecule has 4 aromatic rings. The molecule has 7 heteroatoms. The van der Waals surface area contributed by atoms with E-state index in [1.165, 1.54) is 6.07 Å². The minimum absolute atomic E-state index is 0.0663. The number of likely N-dealkylation sites (tertiary alicyclic amines) is 1. The molecular weight excluding hydrogens is 381 g/mol. The molecule has 152 valence electrons. The molecule has 6 nitrogen and oxygen atoms in total. The van der Waals surface area contributed by atoms with Crippen molar-refractivity contribution >= 4 is 16.8 Å². The van der Waals surface area contributed by atoms with Gasteiger partial charge in [0.25, 0.3) is 5.91 Å². The first-order chi connectivity index (χ1) is 14.6. The van der Waals surface area contributed by atoms with E-state index in [0.29, 0.717) is 6.54 Å². The Labute approximate surface area is 173 Å². The first-order valence-electron chi connectivity index (χ1n) is 10.1. The average molecular weight is 403 g/mol. The van der Waals surface area contributed by atoms with E-state index in [9.17, 15) is 9.18 Å². The fourth-order valence-electron chi connectivity index (χ4n) is 4.41. The lowest BCUT2D eigenvalue weighted by Gasteiger charge is -2.21. The minimum Gasteiger partial charge on any atom is -0.335 e. The fourth-order valence-corrected chi connectivity index (χ4v) is 4.41. The number of hydrogen-bond acceptors (Lipinski definition) is 3. The summed E-state index contributed by atoms with van der Waals surface area (Å²) in [5, 5.41) is 12.5. The second-order valence-corrected chi connectivity index (χ2v) is 7.98. The van der Waals surface area contributed by atoms with Gasteiger partial charge in [-0.1, -0.05) is 18.2 Å². The second kappa shape index (κ2) is 7.40. The zero-order valence-electron chi connectivity index (χ0n) is 16.6. The van der Waals surface area contributed by atoms with Crippen LogP contribution in [0.5, 0.6) is 0 Å². The highest BCUT2D eigenvalue weighted by molar-refractivity contribution is 5.94. The predicted octanol–water partition coefficient (Wildman–Crippen LogP) is 4.12. The molecule has 0 radical (unpaired) electrons. The summed E-state index contributed by atoms with van der Waals surface area (Å²) in [6.07, 6.45) is 6.41. The maximum atomic E-state index is 14.1. The van der Waals surface area contributed by atoms with Gasteiger partial charge >= 0.3 is 0 Å². The number of nitrogens with zero attached hydrogens (tertiary/aromatic N) is 4. The third-order valence-corrected chi connectivity index (χ3v) is 5.93. The molecule has 2 aromatic carbocycles. The van der Waals surface area contributed by atoms with Crippen LogP contribution in [-0.4, -0.2) is 43.4 Å². The van der Waals surface area contributed by atoms with Gasteiger partial charge in [-0.25, -0.2) is 4.39 Å². The number of rotatable bonds is 4. The van der Waals surface area contributed by atoms with Crippen LogP contribution >= 0.6 is 0 Å². The van der Waals surface area contributed by atoms with E-state index >= 15 is 0 Å². The van der Waals surface area contributed by atoms with Crippen LogP contribution in [-0.2, 0) is 6.54 Å². The molecule has 3 heterocycles. The van der Waals surface area contributed by atoms with Crippen LogP contribution < -0.4 is 0 Å². The van der Waals surface area contributed by atoms with Crippen molar-refractivity contribution in [1.82, 2.24) is 24.9 Å². The standard InChI is InChI=1S/C23H22FN5O/c1-15-8-16(13-28(15)23(30)20-4-2-3-5-21(20)24)14-29-22-7-6-17(9-18(22)12-27-29)19-10-25-26-11-19/h2-7,9-12,15-16H,8,13-14H2,1H3,(H,25,26)/t15-,16?/m1/s1. The summed E-state index contributed by atoms with van der Waals surface area (Å²) in [7, 11) is 0. The van der Waals surface area contributed by atoms with Crippen molar-refractivity contribution in [3.63, 3.8) is 0 Å². The number of amides is 1. The number of aromatic nitrogens is 4. The van der Waals surface area contributed by atoms with Gasteiger partial charge in [0.05, 0.1) is 23.5 Å². The lowest BCUT2D eigenvalue weighted by molar-refractivity contribution is 0.0737. The van der Waals surface area contributed by atoms with E-state index in [1.807, 2.05) is 24.0 Å². The summed E-state index contributed by atoms with van der Waals surface area (Å²) >= 11 is 0. The third kappa shape index (κ3) is 3.26. The first kappa shape index (κ1) is 18.5. The van der Waals surface area contributed by atoms with Gasteiger partial charge in [-0.2, -0.15) is 10.2 Å². The molecule has 1 fully saturated rings. The van der Waals surface area contributed by atoms with Gasteiger partial charge in [-0.3, -0.25) is 14.6 Å². The molecule has 1 amide bonds. The number of fused-ring (bicyclic) bond motifs is 1. The largest absolute Gasteiger partial charge is 0.335 e. The highest BCUT2D eigenvalue weighted by Crippen LogP contribution is 2.29. The van der Waals surface area contributed by atoms with Crippen molar-refractivity contribution in [2.45, 2.75) is 25.9 Å². The molecule has 1 N–H and O–H groups in total. The third-order valence-electron chi connectivity index (χ3n) is 5.93. The molecule has 1 aliphatic rings. The Morgan fingerprint density at radius 3 is 2.87 bits per heavy atom. The van der Waals surface area contributed by atoms with E-state index in [-0.39, 0.29) is 23.4 Å². The Morgan fingerprint density at radius 1 is 1.20 bits per heavy atom. The number of aromatic amines is 1. The van der Waals surface area contributed by atoms with Gasteiger partial charge in [0.1, 0.15) is 5.82 Å². The number of nitrogens with one attached hydrogen (secondary N) is 1. The van der Waals surface area contributed by atoms with E-state index in [0.717, 1.165) is 35.0 Å². The number of carbonyl (C=O) groups excluding carboxylic acids is 1. The second-order valence-electron chi connectivity index (χ2n) is 7.98. The summed E-state index contributed by atoms with van der Waals surface area (Å²) in [5.74, 6) is -0.435. The SMILES string of the molecule is C[C@@H]1CC(Cn2ncc3cc(-c4cn[nH]c4)ccc32)CN1C(=O)c1ccccc1F. The van der Waals surface area contributed by atoms with Crippen molar-refractivity contribution in [3.05, 3.63) is 72.4 Å². The smallest absolute Gasteiger partial charge is 0.257 e. The van der Waals surface area contributed by atoms with Crippen LogP contribution in [0.4, 0.5) is 4.39 Å². The van der Waals surface area contributed by atoms with Gasteiger partial charge in [0, 0.05) is 36.3 Å². The normalized spacial score (nSPS) is 18.9. The molecule has 2 atom stereocenters. The number of benzene rings is 2. The highest BCUT2D eigenvalue weighted by Gasteiger charge is 2.34. The van der Waals surface area contributed by atoms with Crippen LogP contribution in [0.25, 0.3) is 22.0 Å². The topological polar surface area (TPSA) is 66.8 Å². The Balaban J connectivity index is 1.33. The molecular formula is C23H22FN5O. The quantitative estimate of drug-likeness (QED) is 0.557. The van der Waals surface area contributed by atoms with Crippen molar-refractivity contribution in [2.24, 2.45) is 5.92 Å². The molecule has 0 spiro atoms. The molecule has 1 saturated heterocycles. The Morgan fingerprint density at radius 2 is 2.07 bits per heavy atom. The van der Waals surface area contributed by atoms with Gasteiger partial charge in [-0.15, -0.1) is 0 Å². The maximum Gasteiger partial charge on any atom is 0.257 e. The van der Waals surface area contributed by atoms with Crippen LogP contribution in [0.15, 0.2) is 61.1 Å². The monoisotopic (exact) mass is 403 g/mol. The van der Waals surface area contributed by atoms with Crippen LogP contribution in [0.1, 0.15) is 23.7 Å². The predicted molar refractivity (Wildman–Crippen MR) is 112 cm³/mol. The molecule has 1 aliphatic heterocycles. The number of hydrogen-bond donors (Lipinski definition) is 1. The molecule has 0 aliphatic carbocycles. The maximum absolute atomic E-state index is 14.1. The van der Waals surface area contributed by atoms with E-state index in [4.69, 9.17) is 0 Å². The molecule has 2 aromatic heterocycles. The summed E-state index contributed by atoms with van der Waals surface area (Å²) in [6, 6.07) is 12.5. The van der Waals surface area contributed by atoms with E-state index < -0.39 is 5.82 Å². The number of halogens is 1. The molecule has 1 unspecified atom stereocenters. The Kier molecular flexibility index (Phi) is 4.58. The summed E-state index contributed by atoms with van der Waals surface area (Å²) in [4.78, 5) is 14.6. The lowest BCUT2D eigenvalue weighted by atomic mass is 10.1. The summed E-state index contributed by atoms with van der Waals surface area (Å²) in [6.45, 7) is 3.35. The average Bonchev–Trinajstić information content (AvgIpc) is 3.48. The van der Waals surface area contributed by atoms with E-state index in [1.54, 1.807) is 29.3 Å². The van der Waals surface area contributed by atoms with Gasteiger partial charge in [-0.05, 0) is 49.1 Å². The highest BCUT2D eigenvalue weighted by atomic mass is 19.1. The molecule has 0 bridgehead atoms. The molecule has 30 heavy (non-hydrogen) atoms. The zero-order valence-corrected chi connectivity index (χ0v) is 16.6. The van der Waals surface area contributed by atoms with Crippen LogP contribution in [0.3, 0.4) is 0 Å². The lowest BCUT2D eigenvalue weighted by Crippen LogP contribution is -2.34. The van der Waals surface area contributed by atoms with Crippen LogP contribution in [0, 0.1) is 11.7 Å². The van der Waals surface area contributed by atoms with Gasteiger partial charge in [0.15, 0.2) is 0 Å². The summed E-state index contributed by atoms with van der Waals surface area (Å²) in [5.41, 5.74) is 3.33. The minimum atomic E-state index is -0.468. The fraction of sp³-hybridized carbons (Fsp3) is 0.261. The summed E-state index contributed by atoms with van der Waals surface area (Å²) < 4.78 is 16.1. The number of H-pyrrole nitrogens is 1. The number of carbonyl (C=O) groups is 1. The Bertz CT molecular complexity index is 1200. The van der Waals surface area contributed by atoms with Crippen molar-refractivity contribution in [3.8, 4) is 11.1 Å². The van der Waals surface area contributed by atoms with Crippen molar-refractivity contribution in [2.75, 3.05) is 6.54 Å². The zero-order chi connectivity index (χ0) is 20.7. The van der Waals surface area contributed by atoms with Crippen molar-refractivity contribution < 1.29 is 9.18 Å². The molecule has 0 saturated carbocycles. The van der Waals surface area contributed by atoms with E-state index in [2.05, 4.69) is 33.5 Å². The first-order valence-corrected chi connectivity index (χ1v) is 10.1. The van der Waals surface area contributed by atoms with Crippen LogP contribution in [0.2, 0.25) is 0 Å².